The third kappa shape index (κ3) is 3.72. The molecule has 0 aliphatic carbocycles. The molecule has 2 aromatic heterocycles. The van der Waals surface area contributed by atoms with E-state index in [-0.39, 0.29) is 24.8 Å². The van der Waals surface area contributed by atoms with Crippen LogP contribution in [0.1, 0.15) is 25.0 Å². The van der Waals surface area contributed by atoms with Crippen LogP contribution in [0.3, 0.4) is 0 Å². The smallest absolute Gasteiger partial charge is 0.150 e. The van der Waals surface area contributed by atoms with Crippen LogP contribution >= 0.6 is 24.8 Å². The highest BCUT2D eigenvalue weighted by atomic mass is 35.5. The molecule has 3 aromatic rings. The number of pyridine rings is 1. The Bertz CT molecular complexity index is 1080. The van der Waals surface area contributed by atoms with Gasteiger partial charge in [-0.15, -0.1) is 24.8 Å². The highest BCUT2D eigenvalue weighted by Gasteiger charge is 2.29. The molecule has 0 amide bonds. The Hall–Kier alpha value is -2.15. The van der Waals surface area contributed by atoms with Gasteiger partial charge in [-0.1, -0.05) is 6.08 Å². The number of hydrogen-bond donors (Lipinski definition) is 2. The van der Waals surface area contributed by atoms with Gasteiger partial charge in [-0.3, -0.25) is 0 Å². The third-order valence-corrected chi connectivity index (χ3v) is 5.53. The lowest BCUT2D eigenvalue weighted by molar-refractivity contribution is 0.415. The monoisotopic (exact) mass is 439 g/mol. The number of aromatic amines is 1. The first-order valence-corrected chi connectivity index (χ1v) is 9.10. The first-order valence-electron chi connectivity index (χ1n) is 9.10. The molecule has 2 bridgehead atoms. The summed E-state index contributed by atoms with van der Waals surface area (Å²) >= 11 is 0. The highest BCUT2D eigenvalue weighted by molar-refractivity contribution is 5.97. The number of hydrogen-bond acceptors (Lipinski definition) is 3. The van der Waals surface area contributed by atoms with Crippen molar-refractivity contribution in [1.82, 2.24) is 15.3 Å². The van der Waals surface area contributed by atoms with Crippen molar-refractivity contribution >= 4 is 41.4 Å². The van der Waals surface area contributed by atoms with Gasteiger partial charge in [0.1, 0.15) is 23.0 Å². The van der Waals surface area contributed by atoms with Crippen molar-refractivity contribution in [1.29, 1.82) is 0 Å². The molecule has 8 heteroatoms. The van der Waals surface area contributed by atoms with Gasteiger partial charge in [-0.2, -0.15) is 0 Å². The van der Waals surface area contributed by atoms with Gasteiger partial charge in [0.25, 0.3) is 0 Å². The van der Waals surface area contributed by atoms with E-state index in [9.17, 15) is 8.78 Å². The van der Waals surface area contributed by atoms with Gasteiger partial charge in [0.05, 0.1) is 13.3 Å². The molecule has 2 unspecified atom stereocenters. The maximum Gasteiger partial charge on any atom is 0.150 e. The Morgan fingerprint density at radius 3 is 2.72 bits per heavy atom. The third-order valence-electron chi connectivity index (χ3n) is 5.53. The zero-order valence-corrected chi connectivity index (χ0v) is 17.3. The number of benzene rings is 1. The Balaban J connectivity index is 0.00000120. The van der Waals surface area contributed by atoms with Crippen molar-refractivity contribution in [2.75, 3.05) is 7.11 Å². The lowest BCUT2D eigenvalue weighted by Gasteiger charge is -2.20. The van der Waals surface area contributed by atoms with E-state index in [2.05, 4.69) is 21.4 Å². The van der Waals surface area contributed by atoms with Crippen molar-refractivity contribution in [3.63, 3.8) is 0 Å². The first-order chi connectivity index (χ1) is 13.1. The molecule has 1 saturated heterocycles. The minimum absolute atomic E-state index is 0. The molecule has 1 aromatic carbocycles. The van der Waals surface area contributed by atoms with Crippen LogP contribution in [-0.2, 0) is 0 Å². The Morgan fingerprint density at radius 1 is 1.14 bits per heavy atom. The second kappa shape index (κ2) is 8.30. The Morgan fingerprint density at radius 2 is 1.97 bits per heavy atom. The highest BCUT2D eigenvalue weighted by Crippen LogP contribution is 2.39. The number of halogens is 4. The summed E-state index contributed by atoms with van der Waals surface area (Å²) in [7, 11) is 1.49. The topological polar surface area (TPSA) is 49.9 Å². The van der Waals surface area contributed by atoms with Crippen LogP contribution < -0.4 is 10.1 Å². The maximum absolute atomic E-state index is 14.8. The number of rotatable bonds is 3. The van der Waals surface area contributed by atoms with E-state index in [0.29, 0.717) is 40.0 Å². The fraction of sp³-hybridized carbons (Fsp3) is 0.286. The molecule has 154 valence electrons. The summed E-state index contributed by atoms with van der Waals surface area (Å²) in [6, 6.07) is 6.93. The average molecular weight is 440 g/mol. The molecule has 0 spiro atoms. The molecule has 2 aliphatic rings. The molecular weight excluding hydrogens is 419 g/mol. The molecule has 0 saturated carbocycles. The molecule has 1 fully saturated rings. The number of aromatic nitrogens is 2. The van der Waals surface area contributed by atoms with E-state index < -0.39 is 11.6 Å². The number of nitrogens with one attached hydrogen (secondary N) is 2. The van der Waals surface area contributed by atoms with Crippen molar-refractivity contribution in [2.24, 2.45) is 0 Å². The predicted molar refractivity (Wildman–Crippen MR) is 115 cm³/mol. The van der Waals surface area contributed by atoms with Gasteiger partial charge in [0, 0.05) is 34.3 Å². The molecule has 29 heavy (non-hydrogen) atoms. The van der Waals surface area contributed by atoms with Crippen molar-refractivity contribution in [2.45, 2.75) is 31.3 Å². The van der Waals surface area contributed by atoms with Crippen LogP contribution in [0.4, 0.5) is 8.78 Å². The lowest BCUT2D eigenvalue weighted by atomic mass is 9.99. The quantitative estimate of drug-likeness (QED) is 0.584. The van der Waals surface area contributed by atoms with Gasteiger partial charge in [0.15, 0.2) is 0 Å². The normalized spacial score (nSPS) is 20.0. The largest absolute Gasteiger partial charge is 0.496 e. The zero-order valence-electron chi connectivity index (χ0n) is 15.7. The molecule has 2 aliphatic heterocycles. The number of fused-ring (bicyclic) bond motifs is 3. The van der Waals surface area contributed by atoms with E-state index in [1.807, 2.05) is 6.07 Å². The van der Waals surface area contributed by atoms with Crippen LogP contribution in [0.2, 0.25) is 0 Å². The lowest BCUT2D eigenvalue weighted by Crippen LogP contribution is -2.31. The average Bonchev–Trinajstić information content (AvgIpc) is 3.24. The molecule has 5 rings (SSSR count). The Kier molecular flexibility index (Phi) is 6.17. The minimum atomic E-state index is -0.503. The predicted octanol–water partition coefficient (Wildman–Crippen LogP) is 5.27. The summed E-state index contributed by atoms with van der Waals surface area (Å²) in [6.45, 7) is 0. The van der Waals surface area contributed by atoms with Crippen LogP contribution in [0, 0.1) is 11.6 Å². The standard InChI is InChI=1S/C21H19F2N3O.2ClH/c1-27-19-5-2-12(22)8-15(19)20-16-9-18(26-21(16)24-10-17(20)23)11-6-13-3-4-14(7-11)25-13;;/h2,5-6,8-10,13-14,25H,3-4,7H2,1H3,(H,24,26);2*1H. The van der Waals surface area contributed by atoms with E-state index in [1.165, 1.54) is 43.5 Å². The second-order valence-corrected chi connectivity index (χ2v) is 7.21. The second-order valence-electron chi connectivity index (χ2n) is 7.21. The summed E-state index contributed by atoms with van der Waals surface area (Å²) in [5.41, 5.74) is 3.43. The van der Waals surface area contributed by atoms with Gasteiger partial charge in [-0.25, -0.2) is 13.8 Å². The summed E-state index contributed by atoms with van der Waals surface area (Å²) < 4.78 is 34.0. The first kappa shape index (κ1) is 21.6. The number of H-pyrrole nitrogens is 1. The fourth-order valence-corrected chi connectivity index (χ4v) is 4.29. The summed E-state index contributed by atoms with van der Waals surface area (Å²) in [5.74, 6) is -0.524. The van der Waals surface area contributed by atoms with E-state index >= 15 is 0 Å². The zero-order chi connectivity index (χ0) is 18.5. The fourth-order valence-electron chi connectivity index (χ4n) is 4.29. The summed E-state index contributed by atoms with van der Waals surface area (Å²) in [5, 5.41) is 4.19. The van der Waals surface area contributed by atoms with Crippen molar-refractivity contribution in [3.8, 4) is 16.9 Å². The van der Waals surface area contributed by atoms with E-state index in [4.69, 9.17) is 4.74 Å². The number of methoxy groups -OCH3 is 1. The molecule has 4 heterocycles. The van der Waals surface area contributed by atoms with E-state index in [0.717, 1.165) is 18.5 Å². The number of nitrogens with zero attached hydrogens (tertiary/aromatic N) is 1. The van der Waals surface area contributed by atoms with Gasteiger partial charge in [0.2, 0.25) is 0 Å². The van der Waals surface area contributed by atoms with E-state index in [1.54, 1.807) is 0 Å². The molecule has 2 N–H and O–H groups in total. The summed E-state index contributed by atoms with van der Waals surface area (Å²) in [6.07, 6.45) is 6.66. The minimum Gasteiger partial charge on any atom is -0.496 e. The van der Waals surface area contributed by atoms with Crippen molar-refractivity contribution < 1.29 is 13.5 Å². The number of ether oxygens (including phenoxy) is 1. The molecule has 4 nitrogen and oxygen atoms in total. The van der Waals surface area contributed by atoms with Crippen LogP contribution in [0.25, 0.3) is 27.7 Å². The summed E-state index contributed by atoms with van der Waals surface area (Å²) in [4.78, 5) is 7.52. The van der Waals surface area contributed by atoms with Crippen LogP contribution in [-0.4, -0.2) is 29.2 Å². The van der Waals surface area contributed by atoms with Crippen LogP contribution in [0.15, 0.2) is 36.5 Å². The van der Waals surface area contributed by atoms with Crippen molar-refractivity contribution in [3.05, 3.63) is 53.9 Å². The molecular formula is C21H21Cl2F2N3O. The van der Waals surface area contributed by atoms with Gasteiger partial charge >= 0.3 is 0 Å². The van der Waals surface area contributed by atoms with Gasteiger partial charge < -0.3 is 15.0 Å². The Labute approximate surface area is 179 Å². The maximum atomic E-state index is 14.8. The molecule has 2 atom stereocenters. The van der Waals surface area contributed by atoms with Gasteiger partial charge in [-0.05, 0) is 49.1 Å². The molecule has 0 radical (unpaired) electrons. The SMILES string of the molecule is COc1ccc(F)cc1-c1c(F)cnc2[nH]c(C3=CC4CCC(C3)N4)cc12.Cl.Cl. The van der Waals surface area contributed by atoms with Crippen LogP contribution in [0.5, 0.6) is 5.75 Å².